The van der Waals surface area contributed by atoms with Crippen molar-refractivity contribution in [2.45, 2.75) is 71.3 Å². The maximum Gasteiger partial charge on any atom is 0.227 e. The highest BCUT2D eigenvalue weighted by molar-refractivity contribution is 6.22. The molecule has 0 saturated carbocycles. The number of piperidine rings is 1. The molecule has 0 spiro atoms. The van der Waals surface area contributed by atoms with Crippen molar-refractivity contribution in [2.75, 3.05) is 19.6 Å². The first-order valence-corrected chi connectivity index (χ1v) is 11.7. The quantitative estimate of drug-likeness (QED) is 0.589. The predicted octanol–water partition coefficient (Wildman–Crippen LogP) is 4.17. The average Bonchev–Trinajstić information content (AvgIpc) is 3.06. The smallest absolute Gasteiger partial charge is 0.227 e. The normalized spacial score (nSPS) is 29.9. The fraction of sp³-hybridized carbons (Fsp3) is 0.708. The lowest BCUT2D eigenvalue weighted by Crippen LogP contribution is -2.52. The Balaban J connectivity index is 1.55. The zero-order valence-corrected chi connectivity index (χ0v) is 19.8. The number of hydrogen-bond acceptors (Lipinski definition) is 4. The second kappa shape index (κ2) is 9.88. The minimum Gasteiger partial charge on any atom is -0.412 e. The lowest BCUT2D eigenvalue weighted by Gasteiger charge is -2.46. The van der Waals surface area contributed by atoms with Gasteiger partial charge in [-0.1, -0.05) is 45.9 Å². The molecule has 0 aromatic carbocycles. The van der Waals surface area contributed by atoms with Gasteiger partial charge < -0.3 is 15.1 Å². The summed E-state index contributed by atoms with van der Waals surface area (Å²) < 4.78 is 0. The molecule has 1 amide bonds. The molecule has 1 aliphatic carbocycles. The lowest BCUT2D eigenvalue weighted by molar-refractivity contribution is -0.122. The Bertz CT molecular complexity index is 713. The standard InChI is InChI=1S/C24H38ClN3O2/c1-16(2)22(26-23(29)13-20-12-17(3)27-30-20)14-28-11-10-21(24(4,5)15-28)18-6-8-19(25)9-7-18/h6-8,12,16-17,19,21-22,27H,9-11,13-15H2,1-5H3,(H,26,29)/t17?,19?,21-,22+/m1/s1. The summed E-state index contributed by atoms with van der Waals surface area (Å²) in [7, 11) is 0. The molecule has 0 radical (unpaired) electrons. The van der Waals surface area contributed by atoms with E-state index < -0.39 is 0 Å². The number of halogens is 1. The zero-order chi connectivity index (χ0) is 21.9. The fourth-order valence-corrected chi connectivity index (χ4v) is 5.00. The van der Waals surface area contributed by atoms with Gasteiger partial charge >= 0.3 is 0 Å². The Hall–Kier alpha value is -1.30. The van der Waals surface area contributed by atoms with Gasteiger partial charge in [0.2, 0.25) is 5.91 Å². The highest BCUT2D eigenvalue weighted by Gasteiger charge is 2.38. The van der Waals surface area contributed by atoms with E-state index in [4.69, 9.17) is 16.4 Å². The second-order valence-electron chi connectivity index (χ2n) is 10.1. The maximum absolute atomic E-state index is 12.6. The highest BCUT2D eigenvalue weighted by Crippen LogP contribution is 2.41. The van der Waals surface area contributed by atoms with Crippen LogP contribution < -0.4 is 10.8 Å². The van der Waals surface area contributed by atoms with Gasteiger partial charge in [-0.2, -0.15) is 5.48 Å². The van der Waals surface area contributed by atoms with E-state index in [-0.39, 0.29) is 35.2 Å². The van der Waals surface area contributed by atoms with Gasteiger partial charge in [0.25, 0.3) is 0 Å². The van der Waals surface area contributed by atoms with Crippen molar-refractivity contribution in [3.63, 3.8) is 0 Å². The SMILES string of the molecule is CC1C=C(CC(=O)N[C@@H](CN2CC[C@H](C3=CCC(Cl)C=C3)C(C)(C)C2)C(C)C)ON1. The summed E-state index contributed by atoms with van der Waals surface area (Å²) in [5, 5.41) is 3.38. The molecule has 0 aromatic rings. The number of likely N-dealkylation sites (tertiary alicyclic amines) is 1. The van der Waals surface area contributed by atoms with Crippen molar-refractivity contribution in [1.82, 2.24) is 15.7 Å². The Kier molecular flexibility index (Phi) is 7.70. The molecule has 3 aliphatic rings. The summed E-state index contributed by atoms with van der Waals surface area (Å²) in [6.07, 6.45) is 11.0. The Labute approximate surface area is 186 Å². The van der Waals surface area contributed by atoms with E-state index in [0.717, 1.165) is 32.5 Å². The topological polar surface area (TPSA) is 53.6 Å². The third-order valence-electron chi connectivity index (χ3n) is 6.54. The molecule has 30 heavy (non-hydrogen) atoms. The van der Waals surface area contributed by atoms with E-state index in [0.29, 0.717) is 17.6 Å². The lowest BCUT2D eigenvalue weighted by atomic mass is 9.69. The molecular weight excluding hydrogens is 398 g/mol. The average molecular weight is 436 g/mol. The minimum atomic E-state index is 0.0260. The van der Waals surface area contributed by atoms with Gasteiger partial charge in [-0.25, -0.2) is 0 Å². The first-order valence-electron chi connectivity index (χ1n) is 11.3. The molecule has 0 bridgehead atoms. The van der Waals surface area contributed by atoms with Crippen LogP contribution in [0.15, 0.2) is 35.6 Å². The summed E-state index contributed by atoms with van der Waals surface area (Å²) in [4.78, 5) is 20.4. The molecule has 2 aliphatic heterocycles. The molecule has 4 atom stereocenters. The molecule has 1 fully saturated rings. The van der Waals surface area contributed by atoms with Crippen LogP contribution in [-0.2, 0) is 9.63 Å². The van der Waals surface area contributed by atoms with E-state index in [1.165, 1.54) is 5.57 Å². The van der Waals surface area contributed by atoms with Gasteiger partial charge in [0.1, 0.15) is 5.76 Å². The van der Waals surface area contributed by atoms with Gasteiger partial charge in [-0.05, 0) is 55.2 Å². The van der Waals surface area contributed by atoms with E-state index in [9.17, 15) is 4.79 Å². The summed E-state index contributed by atoms with van der Waals surface area (Å²) in [6.45, 7) is 14.1. The number of amides is 1. The number of alkyl halides is 1. The van der Waals surface area contributed by atoms with Gasteiger partial charge in [0.15, 0.2) is 0 Å². The second-order valence-corrected chi connectivity index (χ2v) is 10.7. The van der Waals surface area contributed by atoms with E-state index in [1.54, 1.807) is 0 Å². The van der Waals surface area contributed by atoms with Crippen LogP contribution in [-0.4, -0.2) is 47.9 Å². The largest absolute Gasteiger partial charge is 0.412 e. The van der Waals surface area contributed by atoms with Crippen LogP contribution in [0.3, 0.4) is 0 Å². The number of hydrogen-bond donors (Lipinski definition) is 2. The molecule has 6 heteroatoms. The number of allylic oxidation sites excluding steroid dienone is 4. The van der Waals surface area contributed by atoms with Crippen LogP contribution >= 0.6 is 11.6 Å². The van der Waals surface area contributed by atoms with Gasteiger partial charge in [0, 0.05) is 19.1 Å². The number of nitrogens with one attached hydrogen (secondary N) is 2. The molecule has 168 valence electrons. The first-order chi connectivity index (χ1) is 14.1. The number of carbonyl (C=O) groups excluding carboxylic acids is 1. The molecule has 5 nitrogen and oxygen atoms in total. The zero-order valence-electron chi connectivity index (χ0n) is 19.1. The Morgan fingerprint density at radius 1 is 1.43 bits per heavy atom. The molecule has 2 heterocycles. The third kappa shape index (κ3) is 6.12. The number of rotatable bonds is 7. The van der Waals surface area contributed by atoms with Crippen LogP contribution in [0.1, 0.15) is 53.9 Å². The maximum atomic E-state index is 12.6. The van der Waals surface area contributed by atoms with Crippen LogP contribution in [0, 0.1) is 17.3 Å². The molecule has 3 rings (SSSR count). The van der Waals surface area contributed by atoms with Crippen molar-refractivity contribution in [1.29, 1.82) is 0 Å². The number of nitrogens with zero attached hydrogens (tertiary/aromatic N) is 1. The van der Waals surface area contributed by atoms with Gasteiger partial charge in [-0.3, -0.25) is 4.79 Å². The molecule has 2 N–H and O–H groups in total. The van der Waals surface area contributed by atoms with Crippen LogP contribution in [0.25, 0.3) is 0 Å². The highest BCUT2D eigenvalue weighted by atomic mass is 35.5. The van der Waals surface area contributed by atoms with Crippen LogP contribution in [0.4, 0.5) is 0 Å². The molecular formula is C24H38ClN3O2. The van der Waals surface area contributed by atoms with Gasteiger partial charge in [0.05, 0.1) is 17.8 Å². The predicted molar refractivity (Wildman–Crippen MR) is 123 cm³/mol. The summed E-state index contributed by atoms with van der Waals surface area (Å²) in [5.41, 5.74) is 4.49. The molecule has 1 saturated heterocycles. The summed E-state index contributed by atoms with van der Waals surface area (Å²) >= 11 is 6.22. The van der Waals surface area contributed by atoms with Crippen molar-refractivity contribution in [2.24, 2.45) is 17.3 Å². The van der Waals surface area contributed by atoms with Crippen molar-refractivity contribution in [3.8, 4) is 0 Å². The minimum absolute atomic E-state index is 0.0260. The van der Waals surface area contributed by atoms with Gasteiger partial charge in [-0.15, -0.1) is 11.6 Å². The summed E-state index contributed by atoms with van der Waals surface area (Å²) in [6, 6.07) is 0.282. The van der Waals surface area contributed by atoms with E-state index in [1.807, 2.05) is 13.0 Å². The van der Waals surface area contributed by atoms with Crippen LogP contribution in [0.2, 0.25) is 0 Å². The first kappa shape index (κ1) is 23.4. The van der Waals surface area contributed by atoms with E-state index >= 15 is 0 Å². The monoisotopic (exact) mass is 435 g/mol. The Morgan fingerprint density at radius 2 is 2.20 bits per heavy atom. The number of carbonyl (C=O) groups is 1. The fourth-order valence-electron chi connectivity index (χ4n) is 4.84. The van der Waals surface area contributed by atoms with Crippen LogP contribution in [0.5, 0.6) is 0 Å². The molecule has 2 unspecified atom stereocenters. The third-order valence-corrected chi connectivity index (χ3v) is 6.86. The Morgan fingerprint density at radius 3 is 2.77 bits per heavy atom. The van der Waals surface area contributed by atoms with Crippen molar-refractivity contribution in [3.05, 3.63) is 35.6 Å². The summed E-state index contributed by atoms with van der Waals surface area (Å²) in [5.74, 6) is 1.66. The van der Waals surface area contributed by atoms with E-state index in [2.05, 4.69) is 61.6 Å². The van der Waals surface area contributed by atoms with Crippen molar-refractivity contribution < 1.29 is 9.63 Å². The number of hydroxylamine groups is 1. The molecule has 0 aromatic heterocycles. The van der Waals surface area contributed by atoms with Crippen molar-refractivity contribution >= 4 is 17.5 Å².